The highest BCUT2D eigenvalue weighted by atomic mass is 79.9. The summed E-state index contributed by atoms with van der Waals surface area (Å²) >= 11 is 10.4. The van der Waals surface area contributed by atoms with Gasteiger partial charge in [-0.15, -0.1) is 0 Å². The van der Waals surface area contributed by atoms with Crippen molar-refractivity contribution in [1.82, 2.24) is 0 Å². The molecule has 106 valence electrons. The number of aryl methyl sites for hydroxylation is 1. The van der Waals surface area contributed by atoms with Gasteiger partial charge in [0.2, 0.25) is 0 Å². The molecule has 20 heavy (non-hydrogen) atoms. The first-order valence-electron chi connectivity index (χ1n) is 5.87. The Balaban J connectivity index is 2.49. The van der Waals surface area contributed by atoms with Crippen molar-refractivity contribution in [3.63, 3.8) is 0 Å². The van der Waals surface area contributed by atoms with E-state index in [1.54, 1.807) is 19.2 Å². The van der Waals surface area contributed by atoms with E-state index < -0.39 is 0 Å². The Morgan fingerprint density at radius 3 is 2.40 bits per heavy atom. The number of hydrogen-bond acceptors (Lipinski definition) is 1. The third kappa shape index (κ3) is 3.26. The molecule has 0 aliphatic carbocycles. The molecule has 1 nitrogen and oxygen atoms in total. The van der Waals surface area contributed by atoms with Crippen LogP contribution in [0.5, 0.6) is 5.75 Å². The van der Waals surface area contributed by atoms with Crippen molar-refractivity contribution in [2.45, 2.75) is 11.8 Å². The summed E-state index contributed by atoms with van der Waals surface area (Å²) in [4.78, 5) is -0.0775. The van der Waals surface area contributed by atoms with Gasteiger partial charge in [-0.2, -0.15) is 0 Å². The molecule has 0 fully saturated rings. The molecule has 0 saturated carbocycles. The Morgan fingerprint density at radius 1 is 1.10 bits per heavy atom. The number of halogens is 4. The monoisotopic (exact) mass is 464 g/mol. The summed E-state index contributed by atoms with van der Waals surface area (Å²) in [6, 6.07) is 8.97. The minimum absolute atomic E-state index is 0.0775. The van der Waals surface area contributed by atoms with Gasteiger partial charge in [0.25, 0.3) is 0 Å². The summed E-state index contributed by atoms with van der Waals surface area (Å²) in [6.07, 6.45) is 0. The van der Waals surface area contributed by atoms with Crippen LogP contribution in [0.15, 0.2) is 39.3 Å². The number of alkyl halides is 1. The second kappa shape index (κ2) is 6.58. The molecule has 0 aliphatic rings. The lowest BCUT2D eigenvalue weighted by Crippen LogP contribution is -1.99. The highest BCUT2D eigenvalue weighted by Crippen LogP contribution is 2.40. The molecule has 0 aliphatic heterocycles. The van der Waals surface area contributed by atoms with Crippen LogP contribution in [0.4, 0.5) is 4.39 Å². The zero-order valence-electron chi connectivity index (χ0n) is 10.9. The van der Waals surface area contributed by atoms with Gasteiger partial charge >= 0.3 is 0 Å². The number of benzene rings is 2. The third-order valence-corrected chi connectivity index (χ3v) is 5.50. The maximum absolute atomic E-state index is 13.3. The second-order valence-electron chi connectivity index (χ2n) is 4.38. The number of ether oxygens (including phenoxy) is 1. The van der Waals surface area contributed by atoms with E-state index in [0.29, 0.717) is 4.47 Å². The lowest BCUT2D eigenvalue weighted by Gasteiger charge is -2.17. The van der Waals surface area contributed by atoms with E-state index in [4.69, 9.17) is 4.74 Å². The summed E-state index contributed by atoms with van der Waals surface area (Å²) in [5.41, 5.74) is 3.04. The topological polar surface area (TPSA) is 9.23 Å². The second-order valence-corrected chi connectivity index (χ2v) is 7.00. The third-order valence-electron chi connectivity index (χ3n) is 3.02. The van der Waals surface area contributed by atoms with E-state index in [1.807, 2.05) is 19.1 Å². The van der Waals surface area contributed by atoms with Gasteiger partial charge in [0.15, 0.2) is 0 Å². The molecule has 2 rings (SSSR count). The predicted molar refractivity (Wildman–Crippen MR) is 90.3 cm³/mol. The van der Waals surface area contributed by atoms with Gasteiger partial charge in [0.1, 0.15) is 11.6 Å². The molecule has 0 radical (unpaired) electrons. The molecule has 0 spiro atoms. The molecule has 0 aromatic heterocycles. The minimum Gasteiger partial charge on any atom is -0.496 e. The Labute approximate surface area is 142 Å². The number of methoxy groups -OCH3 is 1. The Morgan fingerprint density at radius 2 is 1.80 bits per heavy atom. The van der Waals surface area contributed by atoms with Crippen molar-refractivity contribution in [2.75, 3.05) is 7.11 Å². The van der Waals surface area contributed by atoms with Gasteiger partial charge in [-0.25, -0.2) is 4.39 Å². The molecule has 1 unspecified atom stereocenters. The van der Waals surface area contributed by atoms with Gasteiger partial charge in [-0.05, 0) is 58.2 Å². The average Bonchev–Trinajstić information content (AvgIpc) is 2.43. The molecule has 2 aromatic rings. The van der Waals surface area contributed by atoms with Crippen molar-refractivity contribution >= 4 is 47.8 Å². The van der Waals surface area contributed by atoms with Gasteiger partial charge < -0.3 is 4.74 Å². The standard InChI is InChI=1S/C15H12Br3FO/c1-8-5-14(20-2)10(7-11(8)16)15(18)9-3-4-13(19)12(17)6-9/h3-7,15H,1-2H3. The van der Waals surface area contributed by atoms with Crippen LogP contribution in [0.2, 0.25) is 0 Å². The van der Waals surface area contributed by atoms with E-state index in [2.05, 4.69) is 47.8 Å². The van der Waals surface area contributed by atoms with Crippen LogP contribution in [0, 0.1) is 12.7 Å². The first-order chi connectivity index (χ1) is 9.43. The molecule has 0 N–H and O–H groups in total. The van der Waals surface area contributed by atoms with E-state index in [9.17, 15) is 4.39 Å². The zero-order chi connectivity index (χ0) is 14.9. The molecule has 1 atom stereocenters. The highest BCUT2D eigenvalue weighted by Gasteiger charge is 2.18. The fraction of sp³-hybridized carbons (Fsp3) is 0.200. The number of rotatable bonds is 3. The summed E-state index contributed by atoms with van der Waals surface area (Å²) < 4.78 is 20.2. The minimum atomic E-state index is -0.273. The number of hydrogen-bond donors (Lipinski definition) is 0. The van der Waals surface area contributed by atoms with Crippen molar-refractivity contribution in [3.05, 3.63) is 61.8 Å². The first-order valence-corrected chi connectivity index (χ1v) is 8.37. The van der Waals surface area contributed by atoms with Gasteiger partial charge in [0, 0.05) is 10.0 Å². The molecular weight excluding hydrogens is 455 g/mol. The summed E-state index contributed by atoms with van der Waals surface area (Å²) in [5, 5.41) is 0. The molecule has 0 heterocycles. The molecule has 5 heteroatoms. The van der Waals surface area contributed by atoms with Crippen molar-refractivity contribution in [3.8, 4) is 5.75 Å². The Hall–Kier alpha value is -0.390. The molecule has 0 amide bonds. The lowest BCUT2D eigenvalue weighted by atomic mass is 10.0. The largest absolute Gasteiger partial charge is 0.496 e. The van der Waals surface area contributed by atoms with Crippen LogP contribution in [-0.4, -0.2) is 7.11 Å². The van der Waals surface area contributed by atoms with Crippen molar-refractivity contribution < 1.29 is 9.13 Å². The predicted octanol–water partition coefficient (Wildman–Crippen LogP) is 6.15. The highest BCUT2D eigenvalue weighted by molar-refractivity contribution is 9.11. The van der Waals surface area contributed by atoms with Gasteiger partial charge in [0.05, 0.1) is 16.4 Å². The fourth-order valence-electron chi connectivity index (χ4n) is 1.89. The molecule has 0 saturated heterocycles. The smallest absolute Gasteiger partial charge is 0.137 e. The van der Waals surface area contributed by atoms with Gasteiger partial charge in [-0.3, -0.25) is 0 Å². The summed E-state index contributed by atoms with van der Waals surface area (Å²) in [5.74, 6) is 0.526. The SMILES string of the molecule is COc1cc(C)c(Br)cc1C(Br)c1ccc(F)c(Br)c1. The Bertz CT molecular complexity index is 643. The first kappa shape index (κ1) is 16.0. The van der Waals surface area contributed by atoms with E-state index in [1.165, 1.54) is 6.07 Å². The van der Waals surface area contributed by atoms with Crippen molar-refractivity contribution in [1.29, 1.82) is 0 Å². The molecular formula is C15H12Br3FO. The zero-order valence-corrected chi connectivity index (χ0v) is 15.6. The average molecular weight is 467 g/mol. The van der Waals surface area contributed by atoms with E-state index in [0.717, 1.165) is 26.9 Å². The van der Waals surface area contributed by atoms with Crippen LogP contribution in [0.25, 0.3) is 0 Å². The maximum atomic E-state index is 13.3. The molecule has 2 aromatic carbocycles. The normalized spacial score (nSPS) is 12.3. The van der Waals surface area contributed by atoms with Gasteiger partial charge in [-0.1, -0.05) is 37.9 Å². The van der Waals surface area contributed by atoms with Crippen LogP contribution in [0.1, 0.15) is 21.5 Å². The summed E-state index contributed by atoms with van der Waals surface area (Å²) in [7, 11) is 1.65. The van der Waals surface area contributed by atoms with E-state index in [-0.39, 0.29) is 10.6 Å². The maximum Gasteiger partial charge on any atom is 0.137 e. The Kier molecular flexibility index (Phi) is 5.26. The van der Waals surface area contributed by atoms with Crippen LogP contribution >= 0.6 is 47.8 Å². The van der Waals surface area contributed by atoms with Crippen LogP contribution in [-0.2, 0) is 0 Å². The lowest BCUT2D eigenvalue weighted by molar-refractivity contribution is 0.410. The van der Waals surface area contributed by atoms with Crippen molar-refractivity contribution in [2.24, 2.45) is 0 Å². The quantitative estimate of drug-likeness (QED) is 0.493. The van der Waals surface area contributed by atoms with E-state index >= 15 is 0 Å². The molecule has 0 bridgehead atoms. The van der Waals surface area contributed by atoms with Crippen LogP contribution < -0.4 is 4.74 Å². The van der Waals surface area contributed by atoms with Crippen LogP contribution in [0.3, 0.4) is 0 Å². The fourth-order valence-corrected chi connectivity index (χ4v) is 3.29. The summed E-state index contributed by atoms with van der Waals surface area (Å²) in [6.45, 7) is 2.01.